The van der Waals surface area contributed by atoms with Crippen LogP contribution >= 0.6 is 11.3 Å². The molecule has 0 N–H and O–H groups in total. The average Bonchev–Trinajstić information content (AvgIpc) is 3.27. The highest BCUT2D eigenvalue weighted by Crippen LogP contribution is 2.38. The molecule has 1 saturated heterocycles. The highest BCUT2D eigenvalue weighted by molar-refractivity contribution is 7.11. The number of ether oxygens (including phenoxy) is 1. The number of likely N-dealkylation sites (tertiary alicyclic amines) is 1. The van der Waals surface area contributed by atoms with Crippen molar-refractivity contribution in [2.75, 3.05) is 18.0 Å². The monoisotopic (exact) mass is 436 g/mol. The van der Waals surface area contributed by atoms with Gasteiger partial charge in [0.15, 0.2) is 0 Å². The molecule has 0 bridgehead atoms. The minimum atomic E-state index is -4.87. The number of benzene rings is 1. The van der Waals surface area contributed by atoms with Gasteiger partial charge in [-0.15, -0.1) is 24.5 Å². The first-order valence-electron chi connectivity index (χ1n) is 9.52. The van der Waals surface area contributed by atoms with Crippen molar-refractivity contribution in [1.82, 2.24) is 4.90 Å². The summed E-state index contributed by atoms with van der Waals surface area (Å²) in [7, 11) is 0. The molecule has 2 aliphatic heterocycles. The number of nitrogens with zero attached hydrogens (tertiary/aromatic N) is 2. The Morgan fingerprint density at radius 2 is 1.80 bits per heavy atom. The summed E-state index contributed by atoms with van der Waals surface area (Å²) in [6.45, 7) is 3.44. The molecule has 1 aromatic carbocycles. The Hall–Kier alpha value is -2.81. The highest BCUT2D eigenvalue weighted by atomic mass is 32.1. The second kappa shape index (κ2) is 7.79. The molecule has 30 heavy (non-hydrogen) atoms. The summed E-state index contributed by atoms with van der Waals surface area (Å²) in [5, 5.41) is 1.82. The molecule has 0 unspecified atom stereocenters. The zero-order valence-electron chi connectivity index (χ0n) is 16.1. The molecular weight excluding hydrogens is 417 g/mol. The fourth-order valence-electron chi connectivity index (χ4n) is 3.74. The van der Waals surface area contributed by atoms with Crippen molar-refractivity contribution >= 4 is 34.4 Å². The standard InChI is InChI=1S/C21H19F3N2O3S/c1-13-7-9-25(10-8-13)18-17(16-6-3-11-30-16)19(27)26(20(18)28)14-4-2-5-15(12-14)29-21(22,23)24/h2-6,11-13H,7-10H2,1H3. The van der Waals surface area contributed by atoms with Crippen molar-refractivity contribution in [2.45, 2.75) is 26.1 Å². The summed E-state index contributed by atoms with van der Waals surface area (Å²) in [5.74, 6) is -1.02. The minimum absolute atomic E-state index is 0.0428. The topological polar surface area (TPSA) is 49.9 Å². The van der Waals surface area contributed by atoms with Crippen LogP contribution in [0.2, 0.25) is 0 Å². The third-order valence-corrected chi connectivity index (χ3v) is 6.12. The van der Waals surface area contributed by atoms with Gasteiger partial charge in [-0.1, -0.05) is 19.1 Å². The molecule has 5 nitrogen and oxygen atoms in total. The van der Waals surface area contributed by atoms with Gasteiger partial charge in [-0.2, -0.15) is 0 Å². The van der Waals surface area contributed by atoms with E-state index in [9.17, 15) is 22.8 Å². The summed E-state index contributed by atoms with van der Waals surface area (Å²) in [6, 6.07) is 8.49. The third kappa shape index (κ3) is 3.94. The molecule has 4 rings (SSSR count). The number of rotatable bonds is 4. The van der Waals surface area contributed by atoms with E-state index >= 15 is 0 Å². The van der Waals surface area contributed by atoms with Gasteiger partial charge in [-0.3, -0.25) is 9.59 Å². The number of carbonyl (C=O) groups excluding carboxylic acids is 2. The van der Waals surface area contributed by atoms with E-state index in [0.29, 0.717) is 35.2 Å². The largest absolute Gasteiger partial charge is 0.573 e. The van der Waals surface area contributed by atoms with Crippen molar-refractivity contribution in [3.63, 3.8) is 0 Å². The van der Waals surface area contributed by atoms with Gasteiger partial charge in [0.25, 0.3) is 11.8 Å². The number of hydrogen-bond acceptors (Lipinski definition) is 5. The Kier molecular flexibility index (Phi) is 5.31. The quantitative estimate of drug-likeness (QED) is 0.654. The maximum absolute atomic E-state index is 13.3. The number of halogens is 3. The van der Waals surface area contributed by atoms with Crippen molar-refractivity contribution in [3.8, 4) is 5.75 Å². The Morgan fingerprint density at radius 1 is 1.07 bits per heavy atom. The first kappa shape index (κ1) is 20.5. The minimum Gasteiger partial charge on any atom is -0.406 e. The molecular formula is C21H19F3N2O3S. The number of carbonyl (C=O) groups is 2. The number of alkyl halides is 3. The van der Waals surface area contributed by atoms with E-state index in [-0.39, 0.29) is 5.69 Å². The van der Waals surface area contributed by atoms with Crippen LogP contribution in [0.1, 0.15) is 24.6 Å². The van der Waals surface area contributed by atoms with Crippen LogP contribution in [0.4, 0.5) is 18.9 Å². The van der Waals surface area contributed by atoms with Gasteiger partial charge in [-0.05, 0) is 42.3 Å². The fourth-order valence-corrected chi connectivity index (χ4v) is 4.50. The van der Waals surface area contributed by atoms with Crippen molar-refractivity contribution in [3.05, 3.63) is 52.4 Å². The Bertz CT molecular complexity index is 993. The van der Waals surface area contributed by atoms with Crippen LogP contribution in [0.25, 0.3) is 5.57 Å². The predicted octanol–water partition coefficient (Wildman–Crippen LogP) is 4.66. The predicted molar refractivity (Wildman–Crippen MR) is 107 cm³/mol. The van der Waals surface area contributed by atoms with Crippen LogP contribution in [0.5, 0.6) is 5.75 Å². The molecule has 2 aromatic rings. The molecule has 0 radical (unpaired) electrons. The zero-order chi connectivity index (χ0) is 21.5. The molecule has 158 valence electrons. The summed E-state index contributed by atoms with van der Waals surface area (Å²) in [6.07, 6.45) is -3.07. The number of anilines is 1. The van der Waals surface area contributed by atoms with Gasteiger partial charge in [0.05, 0.1) is 11.3 Å². The van der Waals surface area contributed by atoms with Crippen LogP contribution in [0.3, 0.4) is 0 Å². The van der Waals surface area contributed by atoms with Crippen LogP contribution < -0.4 is 9.64 Å². The van der Waals surface area contributed by atoms with Crippen LogP contribution in [-0.2, 0) is 9.59 Å². The fraction of sp³-hybridized carbons (Fsp3) is 0.333. The molecule has 1 aromatic heterocycles. The zero-order valence-corrected chi connectivity index (χ0v) is 16.9. The molecule has 0 atom stereocenters. The lowest BCUT2D eigenvalue weighted by atomic mass is 9.98. The molecule has 2 aliphatic rings. The maximum atomic E-state index is 13.3. The van der Waals surface area contributed by atoms with Crippen molar-refractivity contribution in [2.24, 2.45) is 5.92 Å². The van der Waals surface area contributed by atoms with Crippen molar-refractivity contribution < 1.29 is 27.5 Å². The van der Waals surface area contributed by atoms with Gasteiger partial charge in [0.1, 0.15) is 11.4 Å². The Morgan fingerprint density at radius 3 is 2.43 bits per heavy atom. The molecule has 0 aliphatic carbocycles. The smallest absolute Gasteiger partial charge is 0.406 e. The van der Waals surface area contributed by atoms with Gasteiger partial charge < -0.3 is 9.64 Å². The second-order valence-electron chi connectivity index (χ2n) is 7.36. The van der Waals surface area contributed by atoms with Gasteiger partial charge >= 0.3 is 6.36 Å². The van der Waals surface area contributed by atoms with E-state index < -0.39 is 23.9 Å². The van der Waals surface area contributed by atoms with E-state index in [1.54, 1.807) is 12.1 Å². The number of hydrogen-bond donors (Lipinski definition) is 0. The third-order valence-electron chi connectivity index (χ3n) is 5.24. The molecule has 3 heterocycles. The average molecular weight is 436 g/mol. The van der Waals surface area contributed by atoms with E-state index in [2.05, 4.69) is 11.7 Å². The van der Waals surface area contributed by atoms with E-state index in [4.69, 9.17) is 0 Å². The van der Waals surface area contributed by atoms with Gasteiger partial charge in [0, 0.05) is 24.0 Å². The van der Waals surface area contributed by atoms with Gasteiger partial charge in [-0.25, -0.2) is 4.90 Å². The summed E-state index contributed by atoms with van der Waals surface area (Å²) < 4.78 is 41.8. The van der Waals surface area contributed by atoms with Crippen LogP contribution in [0.15, 0.2) is 47.5 Å². The van der Waals surface area contributed by atoms with E-state index in [1.807, 2.05) is 10.3 Å². The number of thiophene rings is 1. The number of piperidine rings is 1. The number of imide groups is 1. The summed E-state index contributed by atoms with van der Waals surface area (Å²) >= 11 is 1.34. The lowest BCUT2D eigenvalue weighted by molar-refractivity contribution is -0.274. The first-order valence-corrected chi connectivity index (χ1v) is 10.4. The maximum Gasteiger partial charge on any atom is 0.573 e. The summed E-state index contributed by atoms with van der Waals surface area (Å²) in [5.41, 5.74) is 0.657. The Labute approximate surface area is 175 Å². The highest BCUT2D eigenvalue weighted by Gasteiger charge is 2.43. The van der Waals surface area contributed by atoms with Gasteiger partial charge in [0.2, 0.25) is 0 Å². The summed E-state index contributed by atoms with van der Waals surface area (Å²) in [4.78, 5) is 30.2. The van der Waals surface area contributed by atoms with Crippen LogP contribution in [0, 0.1) is 5.92 Å². The first-order chi connectivity index (χ1) is 14.2. The van der Waals surface area contributed by atoms with E-state index in [0.717, 1.165) is 29.9 Å². The van der Waals surface area contributed by atoms with Crippen LogP contribution in [-0.4, -0.2) is 36.2 Å². The number of amides is 2. The molecule has 2 amide bonds. The lowest BCUT2D eigenvalue weighted by Crippen LogP contribution is -2.38. The lowest BCUT2D eigenvalue weighted by Gasteiger charge is -2.32. The second-order valence-corrected chi connectivity index (χ2v) is 8.31. The SMILES string of the molecule is CC1CCN(C2=C(c3cccs3)C(=O)N(c3cccc(OC(F)(F)F)c3)C2=O)CC1. The molecule has 9 heteroatoms. The Balaban J connectivity index is 1.72. The molecule has 0 saturated carbocycles. The molecule has 1 fully saturated rings. The van der Waals surface area contributed by atoms with Crippen molar-refractivity contribution in [1.29, 1.82) is 0 Å². The normalized spacial score (nSPS) is 18.5. The van der Waals surface area contributed by atoms with E-state index in [1.165, 1.54) is 23.5 Å². The molecule has 0 spiro atoms.